The van der Waals surface area contributed by atoms with Crippen LogP contribution in [0.3, 0.4) is 0 Å². The number of benzene rings is 3. The molecule has 0 radical (unpaired) electrons. The van der Waals surface area contributed by atoms with Crippen molar-refractivity contribution >= 4 is 45.7 Å². The molecule has 8 heteroatoms. The second-order valence-corrected chi connectivity index (χ2v) is 10.5. The molecule has 0 spiro atoms. The normalized spacial score (nSPS) is 12.7. The van der Waals surface area contributed by atoms with Crippen LogP contribution >= 0.6 is 23.1 Å². The van der Waals surface area contributed by atoms with E-state index in [1.807, 2.05) is 65.6 Å². The lowest BCUT2D eigenvalue weighted by Crippen LogP contribution is -2.36. The zero-order chi connectivity index (χ0) is 24.0. The lowest BCUT2D eigenvalue weighted by molar-refractivity contribution is -0.116. The number of amides is 2. The molecule has 0 saturated heterocycles. The fraction of sp³-hybridized carbons (Fsp3) is 0.185. The number of anilines is 2. The fourth-order valence-electron chi connectivity index (χ4n) is 4.09. The summed E-state index contributed by atoms with van der Waals surface area (Å²) < 4.78 is 0.650. The first-order valence-electron chi connectivity index (χ1n) is 11.4. The first-order chi connectivity index (χ1) is 17.2. The molecule has 1 aliphatic rings. The summed E-state index contributed by atoms with van der Waals surface area (Å²) in [6.45, 7) is 0.734. The average Bonchev–Trinajstić information content (AvgIpc) is 3.35. The molecule has 2 heterocycles. The molecule has 0 unspecified atom stereocenters. The molecule has 2 amide bonds. The summed E-state index contributed by atoms with van der Waals surface area (Å²) >= 11 is 2.62. The number of thioether (sulfide) groups is 1. The molecule has 1 aromatic heterocycles. The van der Waals surface area contributed by atoms with Crippen molar-refractivity contribution in [3.63, 3.8) is 0 Å². The van der Waals surface area contributed by atoms with E-state index >= 15 is 0 Å². The number of fused-ring (bicyclic) bond motifs is 1. The minimum absolute atomic E-state index is 0.0542. The van der Waals surface area contributed by atoms with Crippen molar-refractivity contribution < 1.29 is 9.59 Å². The topological polar surface area (TPSA) is 75.2 Å². The molecule has 0 fully saturated rings. The van der Waals surface area contributed by atoms with Crippen LogP contribution < -0.4 is 10.2 Å². The van der Waals surface area contributed by atoms with Crippen LogP contribution in [0.2, 0.25) is 0 Å². The van der Waals surface area contributed by atoms with Crippen molar-refractivity contribution in [2.45, 2.75) is 23.6 Å². The van der Waals surface area contributed by atoms with Gasteiger partial charge in [-0.25, -0.2) is 0 Å². The van der Waals surface area contributed by atoms with Gasteiger partial charge in [0.2, 0.25) is 11.0 Å². The molecule has 176 valence electrons. The van der Waals surface area contributed by atoms with Gasteiger partial charge in [-0.05, 0) is 54.2 Å². The van der Waals surface area contributed by atoms with Gasteiger partial charge < -0.3 is 4.90 Å². The highest BCUT2D eigenvalue weighted by Gasteiger charge is 2.22. The Kier molecular flexibility index (Phi) is 7.20. The van der Waals surface area contributed by atoms with Crippen LogP contribution in [0.5, 0.6) is 0 Å². The maximum Gasteiger partial charge on any atom is 0.257 e. The molecule has 0 atom stereocenters. The summed E-state index contributed by atoms with van der Waals surface area (Å²) in [6.07, 6.45) is 2.79. The summed E-state index contributed by atoms with van der Waals surface area (Å²) in [6, 6.07) is 25.9. The van der Waals surface area contributed by atoms with E-state index in [0.717, 1.165) is 37.1 Å². The van der Waals surface area contributed by atoms with Gasteiger partial charge in [-0.3, -0.25) is 14.9 Å². The Morgan fingerprint density at radius 1 is 0.914 bits per heavy atom. The molecule has 0 bridgehead atoms. The number of nitrogens with one attached hydrogen (secondary N) is 1. The third kappa shape index (κ3) is 5.78. The molecule has 3 aromatic carbocycles. The van der Waals surface area contributed by atoms with Gasteiger partial charge in [0, 0.05) is 17.8 Å². The third-order valence-electron chi connectivity index (χ3n) is 5.82. The average molecular weight is 501 g/mol. The summed E-state index contributed by atoms with van der Waals surface area (Å²) in [5.74, 6) is 0.100. The molecule has 35 heavy (non-hydrogen) atoms. The van der Waals surface area contributed by atoms with Gasteiger partial charge in [0.05, 0.1) is 5.75 Å². The number of aromatic nitrogens is 2. The Balaban J connectivity index is 1.14. The van der Waals surface area contributed by atoms with Crippen molar-refractivity contribution in [3.8, 4) is 0 Å². The summed E-state index contributed by atoms with van der Waals surface area (Å²) in [7, 11) is 0. The highest BCUT2D eigenvalue weighted by molar-refractivity contribution is 8.01. The van der Waals surface area contributed by atoms with E-state index in [1.165, 1.54) is 34.2 Å². The standard InChI is InChI=1S/C27H24N4O2S2/c32-24(31-16-6-10-21-9-4-5-11-23(21)31)18-34-27-30-29-26(35-27)28-25(33)22-14-12-20(13-15-22)17-19-7-2-1-3-8-19/h1-5,7-9,11-15H,6,10,16-18H2,(H,28,29,33). The highest BCUT2D eigenvalue weighted by Crippen LogP contribution is 2.30. The summed E-state index contributed by atoms with van der Waals surface area (Å²) in [5.41, 5.74) is 5.15. The van der Waals surface area contributed by atoms with E-state index in [0.29, 0.717) is 15.0 Å². The third-order valence-corrected chi connectivity index (χ3v) is 7.78. The maximum atomic E-state index is 12.8. The molecule has 0 aliphatic carbocycles. The Morgan fingerprint density at radius 3 is 2.49 bits per heavy atom. The second kappa shape index (κ2) is 10.8. The quantitative estimate of drug-likeness (QED) is 0.270. The summed E-state index contributed by atoms with van der Waals surface area (Å²) in [5, 5.41) is 11.4. The van der Waals surface area contributed by atoms with Crippen LogP contribution in [0.1, 0.15) is 33.5 Å². The van der Waals surface area contributed by atoms with E-state index < -0.39 is 0 Å². The van der Waals surface area contributed by atoms with Gasteiger partial charge in [0.25, 0.3) is 5.91 Å². The van der Waals surface area contributed by atoms with Gasteiger partial charge in [0.15, 0.2) is 4.34 Å². The van der Waals surface area contributed by atoms with Gasteiger partial charge in [-0.1, -0.05) is 83.8 Å². The van der Waals surface area contributed by atoms with Crippen LogP contribution in [-0.2, 0) is 17.6 Å². The lowest BCUT2D eigenvalue weighted by Gasteiger charge is -2.29. The van der Waals surface area contributed by atoms with E-state index in [2.05, 4.69) is 33.7 Å². The molecule has 5 rings (SSSR count). The van der Waals surface area contributed by atoms with E-state index in [9.17, 15) is 9.59 Å². The Morgan fingerprint density at radius 2 is 1.66 bits per heavy atom. The van der Waals surface area contributed by atoms with Crippen LogP contribution in [0.15, 0.2) is 83.2 Å². The maximum absolute atomic E-state index is 12.8. The van der Waals surface area contributed by atoms with Crippen LogP contribution in [0.4, 0.5) is 10.8 Å². The molecular weight excluding hydrogens is 476 g/mol. The molecule has 1 N–H and O–H groups in total. The number of hydrogen-bond donors (Lipinski definition) is 1. The minimum Gasteiger partial charge on any atom is -0.311 e. The molecule has 1 aliphatic heterocycles. The number of aryl methyl sites for hydroxylation is 1. The van der Waals surface area contributed by atoms with Crippen LogP contribution in [-0.4, -0.2) is 34.3 Å². The SMILES string of the molecule is O=C(Nc1nnc(SCC(=O)N2CCCc3ccccc32)s1)c1ccc(Cc2ccccc2)cc1. The lowest BCUT2D eigenvalue weighted by atomic mass is 10.0. The first kappa shape index (κ1) is 23.3. The number of carbonyl (C=O) groups is 2. The Bertz CT molecular complexity index is 1320. The van der Waals surface area contributed by atoms with E-state index in [4.69, 9.17) is 0 Å². The van der Waals surface area contributed by atoms with Gasteiger partial charge in [-0.2, -0.15) is 0 Å². The largest absolute Gasteiger partial charge is 0.311 e. The molecule has 4 aromatic rings. The Hall–Kier alpha value is -3.49. The van der Waals surface area contributed by atoms with E-state index in [1.54, 1.807) is 0 Å². The zero-order valence-electron chi connectivity index (χ0n) is 19.0. The molecule has 0 saturated carbocycles. The molecular formula is C27H24N4O2S2. The van der Waals surface area contributed by atoms with Gasteiger partial charge in [-0.15, -0.1) is 10.2 Å². The van der Waals surface area contributed by atoms with Crippen molar-refractivity contribution in [2.24, 2.45) is 0 Å². The highest BCUT2D eigenvalue weighted by atomic mass is 32.2. The molecule has 6 nitrogen and oxygen atoms in total. The number of para-hydroxylation sites is 1. The van der Waals surface area contributed by atoms with E-state index in [-0.39, 0.29) is 17.6 Å². The monoisotopic (exact) mass is 500 g/mol. The number of rotatable bonds is 7. The number of hydrogen-bond acceptors (Lipinski definition) is 6. The zero-order valence-corrected chi connectivity index (χ0v) is 20.6. The van der Waals surface area contributed by atoms with Crippen LogP contribution in [0, 0.1) is 0 Å². The Labute approximate surface area is 212 Å². The van der Waals surface area contributed by atoms with Crippen molar-refractivity contribution in [2.75, 3.05) is 22.5 Å². The van der Waals surface area contributed by atoms with Gasteiger partial charge >= 0.3 is 0 Å². The van der Waals surface area contributed by atoms with Crippen LogP contribution in [0.25, 0.3) is 0 Å². The first-order valence-corrected chi connectivity index (χ1v) is 13.2. The minimum atomic E-state index is -0.232. The van der Waals surface area contributed by atoms with Gasteiger partial charge in [0.1, 0.15) is 0 Å². The number of nitrogens with zero attached hydrogens (tertiary/aromatic N) is 3. The number of carbonyl (C=O) groups excluding carboxylic acids is 2. The predicted octanol–water partition coefficient (Wildman–Crippen LogP) is 5.45. The fourth-order valence-corrected chi connectivity index (χ4v) is 5.71. The smallest absolute Gasteiger partial charge is 0.257 e. The second-order valence-electron chi connectivity index (χ2n) is 8.25. The van der Waals surface area contributed by atoms with Crippen molar-refractivity contribution in [1.82, 2.24) is 10.2 Å². The van der Waals surface area contributed by atoms with Crippen molar-refractivity contribution in [1.29, 1.82) is 0 Å². The van der Waals surface area contributed by atoms with Crippen molar-refractivity contribution in [3.05, 3.63) is 101 Å². The predicted molar refractivity (Wildman–Crippen MR) is 141 cm³/mol. The summed E-state index contributed by atoms with van der Waals surface area (Å²) in [4.78, 5) is 27.3.